The average molecular weight is 779 g/mol. The second kappa shape index (κ2) is 22.4. The molecule has 2 aliphatic rings. The van der Waals surface area contributed by atoms with Crippen LogP contribution in [-0.4, -0.2) is 117 Å². The Morgan fingerprint density at radius 3 is 1.96 bits per heavy atom. The van der Waals surface area contributed by atoms with Crippen LogP contribution >= 0.6 is 0 Å². The van der Waals surface area contributed by atoms with Gasteiger partial charge in [-0.2, -0.15) is 0 Å². The molecule has 2 aromatic carbocycles. The Labute approximate surface area is 328 Å². The van der Waals surface area contributed by atoms with E-state index < -0.39 is 48.0 Å². The van der Waals surface area contributed by atoms with Crippen LogP contribution in [0.5, 0.6) is 0 Å². The largest absolute Gasteiger partial charge is 0.436 e. The first-order valence-electron chi connectivity index (χ1n) is 19.4. The Balaban J connectivity index is 1.50. The molecule has 0 saturated carbocycles. The van der Waals surface area contributed by atoms with Gasteiger partial charge in [-0.25, -0.2) is 9.59 Å². The van der Waals surface area contributed by atoms with Gasteiger partial charge in [-0.1, -0.05) is 74.5 Å². The minimum Gasteiger partial charge on any atom is -0.436 e. The molecule has 0 radical (unpaired) electrons. The molecule has 0 aliphatic carbocycles. The van der Waals surface area contributed by atoms with Crippen LogP contribution in [0.2, 0.25) is 0 Å². The predicted molar refractivity (Wildman–Crippen MR) is 209 cm³/mol. The summed E-state index contributed by atoms with van der Waals surface area (Å²) in [6.07, 6.45) is 0.913. The third-order valence-corrected chi connectivity index (χ3v) is 9.82. The van der Waals surface area contributed by atoms with Gasteiger partial charge in [-0.05, 0) is 55.7 Å². The fourth-order valence-corrected chi connectivity index (χ4v) is 6.85. The van der Waals surface area contributed by atoms with Gasteiger partial charge in [0, 0.05) is 45.1 Å². The van der Waals surface area contributed by atoms with E-state index in [4.69, 9.17) is 15.2 Å². The number of rotatable bonds is 19. The van der Waals surface area contributed by atoms with E-state index in [-0.39, 0.29) is 55.8 Å². The number of piperidine rings is 1. The fraction of sp³-hybridized carbons (Fsp3) is 0.550. The lowest BCUT2D eigenvalue weighted by molar-refractivity contribution is -0.140. The number of urea groups is 1. The van der Waals surface area contributed by atoms with Gasteiger partial charge in [-0.3, -0.25) is 19.2 Å². The smallest absolute Gasteiger partial charge is 0.405 e. The third kappa shape index (κ3) is 14.5. The minimum atomic E-state index is -1.33. The highest BCUT2D eigenvalue weighted by Gasteiger charge is 2.35. The highest BCUT2D eigenvalue weighted by molar-refractivity contribution is 5.95. The topological polar surface area (TPSA) is 222 Å². The lowest BCUT2D eigenvalue weighted by Gasteiger charge is -2.35. The summed E-state index contributed by atoms with van der Waals surface area (Å²) < 4.78 is 11.2. The van der Waals surface area contributed by atoms with Crippen molar-refractivity contribution in [2.45, 2.75) is 95.1 Å². The summed E-state index contributed by atoms with van der Waals surface area (Å²) in [5.74, 6) is -2.31. The zero-order chi connectivity index (χ0) is 40.5. The van der Waals surface area contributed by atoms with Crippen LogP contribution in [0.25, 0.3) is 0 Å². The number of primary amides is 1. The Bertz CT molecular complexity index is 1580. The van der Waals surface area contributed by atoms with Crippen molar-refractivity contribution in [2.75, 3.05) is 39.9 Å². The van der Waals surface area contributed by atoms with Gasteiger partial charge in [0.1, 0.15) is 18.1 Å². The number of carbonyl (C=O) groups excluding carboxylic acids is 6. The number of likely N-dealkylation sites (tertiary alicyclic amines) is 1. The molecule has 0 spiro atoms. The van der Waals surface area contributed by atoms with E-state index in [2.05, 4.69) is 31.9 Å². The first-order chi connectivity index (χ1) is 26.9. The normalized spacial score (nSPS) is 17.9. The van der Waals surface area contributed by atoms with Crippen LogP contribution in [0.4, 0.5) is 9.59 Å². The van der Waals surface area contributed by atoms with Gasteiger partial charge in [0.05, 0.1) is 13.2 Å². The van der Waals surface area contributed by atoms with Crippen LogP contribution in [0.1, 0.15) is 57.1 Å². The molecule has 56 heavy (non-hydrogen) atoms. The number of ether oxygens (including phenoxy) is 2. The monoisotopic (exact) mass is 778 g/mol. The first-order valence-corrected chi connectivity index (χ1v) is 19.4. The molecule has 306 valence electrons. The van der Waals surface area contributed by atoms with Gasteiger partial charge in [-0.15, -0.1) is 0 Å². The molecule has 4 rings (SSSR count). The molecular formula is C40H58N8O8. The zero-order valence-electron chi connectivity index (χ0n) is 32.6. The van der Waals surface area contributed by atoms with E-state index in [0.717, 1.165) is 24.9 Å². The quantitative estimate of drug-likeness (QED) is 0.109. The Morgan fingerprint density at radius 2 is 1.39 bits per heavy atom. The highest BCUT2D eigenvalue weighted by Crippen LogP contribution is 2.15. The SMILES string of the molecule is CNC(=O)NC1CCN(C(=O)C(COC[C@@H]2CCCN2)NC(=O)C(CC(C)C)NC(=O)C(Cc2ccccc2)NC(=O)C(Cc2ccccc2)OC(N)=O)CC1. The number of hydrogen-bond donors (Lipinski definition) is 7. The second-order valence-corrected chi connectivity index (χ2v) is 14.8. The van der Waals surface area contributed by atoms with Gasteiger partial charge in [0.15, 0.2) is 6.10 Å². The number of nitrogens with zero attached hydrogens (tertiary/aromatic N) is 1. The van der Waals surface area contributed by atoms with Gasteiger partial charge >= 0.3 is 12.1 Å². The summed E-state index contributed by atoms with van der Waals surface area (Å²) >= 11 is 0. The summed E-state index contributed by atoms with van der Waals surface area (Å²) in [6, 6.07) is 14.5. The van der Waals surface area contributed by atoms with Gasteiger partial charge in [0.2, 0.25) is 17.7 Å². The summed E-state index contributed by atoms with van der Waals surface area (Å²) in [6.45, 7) is 5.75. The molecule has 7 amide bonds. The van der Waals surface area contributed by atoms with Crippen LogP contribution in [0, 0.1) is 5.92 Å². The maximum Gasteiger partial charge on any atom is 0.405 e. The molecule has 0 bridgehead atoms. The molecule has 2 aliphatic heterocycles. The van der Waals surface area contributed by atoms with Crippen molar-refractivity contribution in [3.8, 4) is 0 Å². The number of benzene rings is 2. The van der Waals surface area contributed by atoms with E-state index >= 15 is 0 Å². The first kappa shape index (κ1) is 43.5. The molecule has 16 nitrogen and oxygen atoms in total. The van der Waals surface area contributed by atoms with Crippen molar-refractivity contribution in [2.24, 2.45) is 11.7 Å². The van der Waals surface area contributed by atoms with Gasteiger partial charge in [0.25, 0.3) is 5.91 Å². The summed E-state index contributed by atoms with van der Waals surface area (Å²) in [4.78, 5) is 81.1. The zero-order valence-corrected chi connectivity index (χ0v) is 32.6. The molecule has 2 fully saturated rings. The molecule has 2 heterocycles. The van der Waals surface area contributed by atoms with Crippen LogP contribution in [0.3, 0.4) is 0 Å². The molecular weight excluding hydrogens is 720 g/mol. The Hall–Kier alpha value is -5.22. The predicted octanol–water partition coefficient (Wildman–Crippen LogP) is 1.12. The van der Waals surface area contributed by atoms with Crippen molar-refractivity contribution >= 4 is 35.8 Å². The highest BCUT2D eigenvalue weighted by atomic mass is 16.6. The number of hydrogen-bond acceptors (Lipinski definition) is 9. The number of amides is 7. The van der Waals surface area contributed by atoms with Crippen LogP contribution < -0.4 is 37.6 Å². The lowest BCUT2D eigenvalue weighted by Crippen LogP contribution is -2.60. The molecule has 5 atom stereocenters. The van der Waals surface area contributed by atoms with E-state index in [0.29, 0.717) is 38.1 Å². The van der Waals surface area contributed by atoms with E-state index in [1.54, 1.807) is 60.5 Å². The fourth-order valence-electron chi connectivity index (χ4n) is 6.85. The van der Waals surface area contributed by atoms with Crippen molar-refractivity contribution in [3.63, 3.8) is 0 Å². The molecule has 0 aromatic heterocycles. The summed E-state index contributed by atoms with van der Waals surface area (Å²) in [7, 11) is 1.54. The van der Waals surface area contributed by atoms with Gasteiger partial charge < -0.3 is 52.0 Å². The molecule has 2 saturated heterocycles. The van der Waals surface area contributed by atoms with E-state index in [9.17, 15) is 28.8 Å². The lowest BCUT2D eigenvalue weighted by atomic mass is 10.00. The van der Waals surface area contributed by atoms with Crippen molar-refractivity contribution in [1.29, 1.82) is 0 Å². The maximum atomic E-state index is 14.1. The van der Waals surface area contributed by atoms with Crippen LogP contribution in [-0.2, 0) is 41.5 Å². The number of nitrogens with one attached hydrogen (secondary N) is 6. The minimum absolute atomic E-state index is 0.0181. The Kier molecular flexibility index (Phi) is 17.4. The van der Waals surface area contributed by atoms with Crippen molar-refractivity contribution in [1.82, 2.24) is 36.8 Å². The molecule has 2 aromatic rings. The van der Waals surface area contributed by atoms with Crippen molar-refractivity contribution < 1.29 is 38.2 Å². The number of carbonyl (C=O) groups is 6. The molecule has 16 heteroatoms. The number of nitrogens with two attached hydrogens (primary N) is 1. The van der Waals surface area contributed by atoms with E-state index in [1.165, 1.54) is 0 Å². The van der Waals surface area contributed by atoms with Crippen molar-refractivity contribution in [3.05, 3.63) is 71.8 Å². The molecule has 4 unspecified atom stereocenters. The van der Waals surface area contributed by atoms with E-state index in [1.807, 2.05) is 26.0 Å². The standard InChI is InChI=1S/C40H58N8O8/c1-26(2)21-31(35(49)47-33(25-55-24-30-15-10-18-43-30)38(52)48-19-16-29(17-20-48)44-40(54)42-3)45-36(50)32(22-27-11-6-4-7-12-27)46-37(51)34(56-39(41)53)23-28-13-8-5-9-14-28/h4-9,11-14,26,29-34,43H,10,15-25H2,1-3H3,(H2,41,53)(H,45,50)(H,46,51)(H,47,49)(H2,42,44,54)/t30-,31?,32?,33?,34?/m0/s1. The Morgan fingerprint density at radius 1 is 0.804 bits per heavy atom. The third-order valence-electron chi connectivity index (χ3n) is 9.82. The summed E-state index contributed by atoms with van der Waals surface area (Å²) in [5.41, 5.74) is 6.77. The average Bonchev–Trinajstić information content (AvgIpc) is 3.70. The molecule has 8 N–H and O–H groups in total. The maximum absolute atomic E-state index is 14.1. The second-order valence-electron chi connectivity index (χ2n) is 14.8. The summed E-state index contributed by atoms with van der Waals surface area (Å²) in [5, 5.41) is 17.2. The van der Waals surface area contributed by atoms with Crippen LogP contribution in [0.15, 0.2) is 60.7 Å².